The highest BCUT2D eigenvalue weighted by Crippen LogP contribution is 2.00. The Bertz CT molecular complexity index is 475. The lowest BCUT2D eigenvalue weighted by Crippen LogP contribution is -2.44. The minimum atomic E-state index is -1.33. The standard InChI is InChI=1S/C13H16N2O5/c14-11(16)6-10(13(18)19)15-12(17)8-20-7-9-4-2-1-3-5-9/h1-5,10H,6-8H2,(H2,14,16)(H,15,17)(H,18,19)/t10-/m1/s1. The van der Waals surface area contributed by atoms with Crippen LogP contribution < -0.4 is 11.1 Å². The molecule has 0 bridgehead atoms. The molecule has 0 heterocycles. The van der Waals surface area contributed by atoms with Crippen LogP contribution in [0.15, 0.2) is 30.3 Å². The van der Waals surface area contributed by atoms with Gasteiger partial charge >= 0.3 is 5.97 Å². The van der Waals surface area contributed by atoms with Crippen LogP contribution in [-0.2, 0) is 25.7 Å². The molecule has 0 unspecified atom stereocenters. The number of rotatable bonds is 8. The largest absolute Gasteiger partial charge is 0.480 e. The van der Waals surface area contributed by atoms with Crippen LogP contribution in [0, 0.1) is 0 Å². The molecule has 1 rings (SSSR count). The van der Waals surface area contributed by atoms with Gasteiger partial charge in [-0.15, -0.1) is 0 Å². The van der Waals surface area contributed by atoms with Crippen molar-refractivity contribution in [1.29, 1.82) is 0 Å². The van der Waals surface area contributed by atoms with E-state index in [2.05, 4.69) is 5.32 Å². The van der Waals surface area contributed by atoms with Crippen LogP contribution in [0.2, 0.25) is 0 Å². The fourth-order valence-electron chi connectivity index (χ4n) is 1.47. The summed E-state index contributed by atoms with van der Waals surface area (Å²) >= 11 is 0. The van der Waals surface area contributed by atoms with Gasteiger partial charge in [-0.05, 0) is 5.56 Å². The van der Waals surface area contributed by atoms with Gasteiger partial charge in [-0.2, -0.15) is 0 Å². The molecule has 0 aliphatic rings. The fourth-order valence-corrected chi connectivity index (χ4v) is 1.47. The van der Waals surface area contributed by atoms with Crippen molar-refractivity contribution in [2.75, 3.05) is 6.61 Å². The number of amides is 2. The van der Waals surface area contributed by atoms with E-state index in [4.69, 9.17) is 15.6 Å². The Balaban J connectivity index is 2.35. The van der Waals surface area contributed by atoms with Crippen molar-refractivity contribution in [1.82, 2.24) is 5.32 Å². The first-order valence-corrected chi connectivity index (χ1v) is 5.91. The Labute approximate surface area is 115 Å². The van der Waals surface area contributed by atoms with Gasteiger partial charge < -0.3 is 20.9 Å². The van der Waals surface area contributed by atoms with Gasteiger partial charge in [0.05, 0.1) is 13.0 Å². The van der Waals surface area contributed by atoms with Crippen LogP contribution in [0.1, 0.15) is 12.0 Å². The van der Waals surface area contributed by atoms with E-state index < -0.39 is 30.2 Å². The number of benzene rings is 1. The maximum Gasteiger partial charge on any atom is 0.326 e. The smallest absolute Gasteiger partial charge is 0.326 e. The van der Waals surface area contributed by atoms with Crippen LogP contribution >= 0.6 is 0 Å². The summed E-state index contributed by atoms with van der Waals surface area (Å²) in [6.45, 7) is -0.0563. The molecule has 0 aliphatic heterocycles. The molecule has 0 spiro atoms. The zero-order chi connectivity index (χ0) is 15.0. The van der Waals surface area contributed by atoms with Crippen molar-refractivity contribution in [2.45, 2.75) is 19.1 Å². The summed E-state index contributed by atoms with van der Waals surface area (Å²) in [5.74, 6) is -2.74. The summed E-state index contributed by atoms with van der Waals surface area (Å²) in [7, 11) is 0. The third-order valence-electron chi connectivity index (χ3n) is 2.38. The molecule has 1 aromatic rings. The zero-order valence-corrected chi connectivity index (χ0v) is 10.7. The molecule has 4 N–H and O–H groups in total. The van der Waals surface area contributed by atoms with Crippen molar-refractivity contribution in [3.8, 4) is 0 Å². The quantitative estimate of drug-likeness (QED) is 0.601. The summed E-state index contributed by atoms with van der Waals surface area (Å²) in [5, 5.41) is 11.0. The van der Waals surface area contributed by atoms with Gasteiger partial charge in [0.25, 0.3) is 0 Å². The van der Waals surface area contributed by atoms with E-state index in [0.29, 0.717) is 0 Å². The maximum absolute atomic E-state index is 11.5. The molecule has 0 fully saturated rings. The summed E-state index contributed by atoms with van der Waals surface area (Å²) < 4.78 is 5.15. The number of carbonyl (C=O) groups excluding carboxylic acids is 2. The number of nitrogens with two attached hydrogens (primary N) is 1. The van der Waals surface area contributed by atoms with Crippen molar-refractivity contribution in [3.05, 3.63) is 35.9 Å². The number of hydrogen-bond acceptors (Lipinski definition) is 4. The second kappa shape index (κ2) is 7.90. The molecule has 1 aromatic carbocycles. The van der Waals surface area contributed by atoms with Gasteiger partial charge in [0.2, 0.25) is 11.8 Å². The first kappa shape index (κ1) is 15.6. The van der Waals surface area contributed by atoms with Gasteiger partial charge in [0.15, 0.2) is 0 Å². The lowest BCUT2D eigenvalue weighted by Gasteiger charge is -2.12. The summed E-state index contributed by atoms with van der Waals surface area (Å²) in [5.41, 5.74) is 5.79. The number of hydrogen-bond donors (Lipinski definition) is 3. The van der Waals surface area contributed by atoms with E-state index in [1.807, 2.05) is 30.3 Å². The number of primary amides is 1. The Hall–Kier alpha value is -2.41. The van der Waals surface area contributed by atoms with E-state index in [-0.39, 0.29) is 13.2 Å². The van der Waals surface area contributed by atoms with E-state index in [1.54, 1.807) is 0 Å². The second-order valence-electron chi connectivity index (χ2n) is 4.11. The van der Waals surface area contributed by atoms with Crippen molar-refractivity contribution in [3.63, 3.8) is 0 Å². The van der Waals surface area contributed by atoms with Crippen molar-refractivity contribution >= 4 is 17.8 Å². The van der Waals surface area contributed by atoms with E-state index >= 15 is 0 Å². The highest BCUT2D eigenvalue weighted by atomic mass is 16.5. The average Bonchev–Trinajstić information content (AvgIpc) is 2.38. The predicted molar refractivity (Wildman–Crippen MR) is 69.5 cm³/mol. The Kier molecular flexibility index (Phi) is 6.18. The normalized spacial score (nSPS) is 11.6. The van der Waals surface area contributed by atoms with Crippen LogP contribution in [0.25, 0.3) is 0 Å². The molecule has 0 aliphatic carbocycles. The number of carboxylic acids is 1. The van der Waals surface area contributed by atoms with Gasteiger partial charge in [0, 0.05) is 0 Å². The predicted octanol–water partition coefficient (Wildman–Crippen LogP) is -0.352. The Morgan fingerprint density at radius 2 is 1.90 bits per heavy atom. The van der Waals surface area contributed by atoms with Crippen LogP contribution in [0.4, 0.5) is 0 Å². The second-order valence-corrected chi connectivity index (χ2v) is 4.11. The number of ether oxygens (including phenoxy) is 1. The molecule has 20 heavy (non-hydrogen) atoms. The van der Waals surface area contributed by atoms with Crippen LogP contribution in [0.5, 0.6) is 0 Å². The van der Waals surface area contributed by atoms with Crippen LogP contribution in [-0.4, -0.2) is 35.5 Å². The highest BCUT2D eigenvalue weighted by molar-refractivity contribution is 5.88. The molecule has 7 nitrogen and oxygen atoms in total. The molecule has 108 valence electrons. The fraction of sp³-hybridized carbons (Fsp3) is 0.308. The summed E-state index contributed by atoms with van der Waals surface area (Å²) in [4.78, 5) is 33.0. The van der Waals surface area contributed by atoms with Gasteiger partial charge in [0.1, 0.15) is 12.6 Å². The molecule has 1 atom stereocenters. The molecular formula is C13H16N2O5. The third-order valence-corrected chi connectivity index (χ3v) is 2.38. The average molecular weight is 280 g/mol. The van der Waals surface area contributed by atoms with E-state index in [9.17, 15) is 14.4 Å². The molecule has 0 radical (unpaired) electrons. The molecule has 7 heteroatoms. The SMILES string of the molecule is NC(=O)C[C@@H](NC(=O)COCc1ccccc1)C(=O)O. The molecule has 2 amide bonds. The number of aliphatic carboxylic acids is 1. The summed E-state index contributed by atoms with van der Waals surface area (Å²) in [6.07, 6.45) is -0.459. The first-order chi connectivity index (χ1) is 9.49. The zero-order valence-electron chi connectivity index (χ0n) is 10.7. The van der Waals surface area contributed by atoms with E-state index in [1.165, 1.54) is 0 Å². The monoisotopic (exact) mass is 280 g/mol. The topological polar surface area (TPSA) is 119 Å². The third kappa shape index (κ3) is 5.96. The maximum atomic E-state index is 11.5. The Morgan fingerprint density at radius 1 is 1.25 bits per heavy atom. The van der Waals surface area contributed by atoms with Crippen molar-refractivity contribution in [2.24, 2.45) is 5.73 Å². The lowest BCUT2D eigenvalue weighted by molar-refractivity contribution is -0.144. The van der Waals surface area contributed by atoms with E-state index in [0.717, 1.165) is 5.56 Å². The number of carbonyl (C=O) groups is 3. The minimum Gasteiger partial charge on any atom is -0.480 e. The van der Waals surface area contributed by atoms with Gasteiger partial charge in [-0.25, -0.2) is 4.79 Å². The van der Waals surface area contributed by atoms with Gasteiger partial charge in [-0.1, -0.05) is 30.3 Å². The highest BCUT2D eigenvalue weighted by Gasteiger charge is 2.21. The lowest BCUT2D eigenvalue weighted by atomic mass is 10.2. The molecule has 0 saturated carbocycles. The molecule has 0 saturated heterocycles. The number of nitrogens with one attached hydrogen (secondary N) is 1. The molecular weight excluding hydrogens is 264 g/mol. The van der Waals surface area contributed by atoms with Gasteiger partial charge in [-0.3, -0.25) is 9.59 Å². The number of carboxylic acid groups (broad SMARTS) is 1. The van der Waals surface area contributed by atoms with Crippen LogP contribution in [0.3, 0.4) is 0 Å². The van der Waals surface area contributed by atoms with Crippen molar-refractivity contribution < 1.29 is 24.2 Å². The minimum absolute atomic E-state index is 0.238. The summed E-state index contributed by atoms with van der Waals surface area (Å²) in [6, 6.07) is 7.88. The first-order valence-electron chi connectivity index (χ1n) is 5.91. The Morgan fingerprint density at radius 3 is 2.45 bits per heavy atom. The molecule has 0 aromatic heterocycles.